The van der Waals surface area contributed by atoms with E-state index in [-0.39, 0.29) is 26.2 Å². The van der Waals surface area contributed by atoms with Crippen LogP contribution < -0.4 is 16.0 Å². The van der Waals surface area contributed by atoms with Crippen LogP contribution in [0.2, 0.25) is 0 Å². The highest BCUT2D eigenvalue weighted by atomic mass is 16.7. The lowest BCUT2D eigenvalue weighted by Gasteiger charge is -2.19. The molecule has 0 spiro atoms. The van der Waals surface area contributed by atoms with Crippen molar-refractivity contribution in [3.8, 4) is 5.75 Å². The van der Waals surface area contributed by atoms with Gasteiger partial charge < -0.3 is 18.9 Å². The molecule has 0 saturated heterocycles. The summed E-state index contributed by atoms with van der Waals surface area (Å²) in [6.45, 7) is -0.0638. The monoisotopic (exact) mass is 620 g/mol. The van der Waals surface area contributed by atoms with Crippen molar-refractivity contribution in [3.05, 3.63) is 170 Å². The lowest BCUT2D eigenvalue weighted by molar-refractivity contribution is -0.140. The second-order valence-corrected chi connectivity index (χ2v) is 10.3. The molecule has 10 heteroatoms. The summed E-state index contributed by atoms with van der Waals surface area (Å²) in [5.41, 5.74) is 1.60. The molecule has 1 atom stereocenters. The molecular weight excluding hydrogens is 588 g/mol. The highest BCUT2D eigenvalue weighted by Gasteiger charge is 2.19. The fourth-order valence-corrected chi connectivity index (χ4v) is 4.49. The van der Waals surface area contributed by atoms with E-state index in [1.165, 1.54) is 10.8 Å². The number of aromatic amines is 1. The zero-order valence-corrected chi connectivity index (χ0v) is 24.9. The number of benzene rings is 4. The average molecular weight is 621 g/mol. The van der Waals surface area contributed by atoms with E-state index in [1.54, 1.807) is 60.7 Å². The van der Waals surface area contributed by atoms with Gasteiger partial charge in [-0.05, 0) is 47.5 Å². The third kappa shape index (κ3) is 9.13. The number of hydrogen-bond donors (Lipinski definition) is 1. The van der Waals surface area contributed by atoms with Crippen molar-refractivity contribution in [2.75, 3.05) is 6.61 Å². The largest absolute Gasteiger partial charge is 0.489 e. The molecule has 0 bridgehead atoms. The first kappa shape index (κ1) is 31.7. The Hall–Kier alpha value is -5.74. The van der Waals surface area contributed by atoms with Crippen molar-refractivity contribution in [1.82, 2.24) is 9.55 Å². The van der Waals surface area contributed by atoms with Gasteiger partial charge in [-0.2, -0.15) is 0 Å². The number of nitrogens with one attached hydrogen (secondary N) is 1. The summed E-state index contributed by atoms with van der Waals surface area (Å²) < 4.78 is 23.8. The van der Waals surface area contributed by atoms with Crippen LogP contribution in [-0.4, -0.2) is 34.4 Å². The molecule has 0 aliphatic heterocycles. The lowest BCUT2D eigenvalue weighted by Crippen LogP contribution is -2.34. The van der Waals surface area contributed by atoms with Gasteiger partial charge in [0.25, 0.3) is 5.56 Å². The number of carbonyl (C=O) groups excluding carboxylic acids is 2. The maximum Gasteiger partial charge on any atom is 0.340 e. The van der Waals surface area contributed by atoms with E-state index in [1.807, 2.05) is 54.6 Å². The number of esters is 2. The average Bonchev–Trinajstić information content (AvgIpc) is 3.09. The van der Waals surface area contributed by atoms with Crippen LogP contribution in [0.5, 0.6) is 5.75 Å². The van der Waals surface area contributed by atoms with Gasteiger partial charge in [0.1, 0.15) is 19.1 Å². The molecule has 0 aliphatic rings. The molecule has 0 aliphatic carbocycles. The molecule has 5 aromatic rings. The van der Waals surface area contributed by atoms with Crippen LogP contribution in [0.4, 0.5) is 0 Å². The molecular formula is C36H32N2O8. The second-order valence-electron chi connectivity index (χ2n) is 10.3. The van der Waals surface area contributed by atoms with Gasteiger partial charge in [-0.1, -0.05) is 78.9 Å². The number of aromatic nitrogens is 2. The van der Waals surface area contributed by atoms with Gasteiger partial charge in [0.05, 0.1) is 17.7 Å². The molecule has 0 saturated carbocycles. The van der Waals surface area contributed by atoms with Crippen LogP contribution in [0, 0.1) is 0 Å². The first-order chi connectivity index (χ1) is 22.4. The summed E-state index contributed by atoms with van der Waals surface area (Å²) in [5.74, 6) is -0.543. The Morgan fingerprint density at radius 2 is 1.37 bits per heavy atom. The standard InChI is InChI=1S/C36H32N2O8/c39-33-30(21-27-13-10-18-31(22-27)44-24-26-11-4-1-5-12-26)23-38(36(42)37-33)25-45-32(46-35(41)29-16-8-3-9-17-29)19-20-43-34(40)28-14-6-2-7-15-28/h1-18,22-23,32H,19-21,24-25H2,(H,37,39,42). The predicted molar refractivity (Wildman–Crippen MR) is 169 cm³/mol. The molecule has 4 aromatic carbocycles. The number of ether oxygens (including phenoxy) is 4. The van der Waals surface area contributed by atoms with Gasteiger partial charge in [0.15, 0.2) is 0 Å². The van der Waals surface area contributed by atoms with Crippen LogP contribution in [0.15, 0.2) is 131 Å². The van der Waals surface area contributed by atoms with Crippen molar-refractivity contribution in [2.45, 2.75) is 32.5 Å². The number of hydrogen-bond acceptors (Lipinski definition) is 8. The number of carbonyl (C=O) groups is 2. The second kappa shape index (κ2) is 15.8. The molecule has 1 heterocycles. The highest BCUT2D eigenvalue weighted by molar-refractivity contribution is 5.89. The molecule has 1 N–H and O–H groups in total. The molecule has 0 amide bonds. The molecule has 1 unspecified atom stereocenters. The SMILES string of the molecule is O=C(OCCC(OCn1cc(Cc2cccc(OCc3ccccc3)c2)c(=O)[nH]c1=O)OC(=O)c1ccccc1)c1ccccc1. The molecule has 234 valence electrons. The zero-order chi connectivity index (χ0) is 32.1. The first-order valence-corrected chi connectivity index (χ1v) is 14.6. The molecule has 1 aromatic heterocycles. The van der Waals surface area contributed by atoms with E-state index in [2.05, 4.69) is 4.98 Å². The quantitative estimate of drug-likeness (QED) is 0.134. The maximum absolute atomic E-state index is 12.8. The lowest BCUT2D eigenvalue weighted by atomic mass is 10.1. The summed E-state index contributed by atoms with van der Waals surface area (Å²) in [4.78, 5) is 52.8. The van der Waals surface area contributed by atoms with Crippen molar-refractivity contribution < 1.29 is 28.5 Å². The Kier molecular flexibility index (Phi) is 10.9. The van der Waals surface area contributed by atoms with Crippen LogP contribution in [-0.2, 0) is 34.0 Å². The van der Waals surface area contributed by atoms with Gasteiger partial charge >= 0.3 is 17.6 Å². The summed E-state index contributed by atoms with van der Waals surface area (Å²) >= 11 is 0. The first-order valence-electron chi connectivity index (χ1n) is 14.6. The van der Waals surface area contributed by atoms with Gasteiger partial charge in [-0.15, -0.1) is 0 Å². The van der Waals surface area contributed by atoms with E-state index >= 15 is 0 Å². The minimum Gasteiger partial charge on any atom is -0.489 e. The fraction of sp³-hybridized carbons (Fsp3) is 0.167. The zero-order valence-electron chi connectivity index (χ0n) is 24.9. The smallest absolute Gasteiger partial charge is 0.340 e. The molecule has 0 fully saturated rings. The Labute approximate surface area is 264 Å². The molecule has 46 heavy (non-hydrogen) atoms. The van der Waals surface area contributed by atoms with Gasteiger partial charge in [-0.25, -0.2) is 14.4 Å². The normalized spacial score (nSPS) is 11.4. The topological polar surface area (TPSA) is 126 Å². The van der Waals surface area contributed by atoms with Crippen LogP contribution >= 0.6 is 0 Å². The molecule has 0 radical (unpaired) electrons. The Morgan fingerprint density at radius 3 is 2.07 bits per heavy atom. The van der Waals surface area contributed by atoms with E-state index in [0.717, 1.165) is 11.1 Å². The van der Waals surface area contributed by atoms with E-state index in [0.29, 0.717) is 29.0 Å². The maximum atomic E-state index is 12.8. The highest BCUT2D eigenvalue weighted by Crippen LogP contribution is 2.17. The van der Waals surface area contributed by atoms with Crippen molar-refractivity contribution in [2.24, 2.45) is 0 Å². The number of H-pyrrole nitrogens is 1. The van der Waals surface area contributed by atoms with Crippen LogP contribution in [0.25, 0.3) is 0 Å². The fourth-order valence-electron chi connectivity index (χ4n) is 4.49. The number of rotatable bonds is 14. The number of nitrogens with zero attached hydrogens (tertiary/aromatic N) is 1. The van der Waals surface area contributed by atoms with Crippen molar-refractivity contribution in [3.63, 3.8) is 0 Å². The summed E-state index contributed by atoms with van der Waals surface area (Å²) in [6, 6.07) is 33.9. The predicted octanol–water partition coefficient (Wildman–Crippen LogP) is 5.11. The van der Waals surface area contributed by atoms with Crippen molar-refractivity contribution >= 4 is 11.9 Å². The Bertz CT molecular complexity index is 1850. The third-order valence-corrected chi connectivity index (χ3v) is 6.87. The van der Waals surface area contributed by atoms with E-state index in [4.69, 9.17) is 18.9 Å². The minimum atomic E-state index is -1.17. The Morgan fingerprint density at radius 1 is 0.739 bits per heavy atom. The third-order valence-electron chi connectivity index (χ3n) is 6.87. The summed E-state index contributed by atoms with van der Waals surface area (Å²) in [7, 11) is 0. The van der Waals surface area contributed by atoms with Crippen LogP contribution in [0.1, 0.15) is 43.8 Å². The van der Waals surface area contributed by atoms with Crippen molar-refractivity contribution in [1.29, 1.82) is 0 Å². The minimum absolute atomic E-state index is 0.00210. The summed E-state index contributed by atoms with van der Waals surface area (Å²) in [6.07, 6.45) is 0.458. The molecule has 10 nitrogen and oxygen atoms in total. The molecule has 5 rings (SSSR count). The Balaban J connectivity index is 1.25. The van der Waals surface area contributed by atoms with E-state index < -0.39 is 29.5 Å². The summed E-state index contributed by atoms with van der Waals surface area (Å²) in [5, 5.41) is 0. The van der Waals surface area contributed by atoms with Gasteiger partial charge in [-0.3, -0.25) is 14.3 Å². The van der Waals surface area contributed by atoms with Crippen LogP contribution in [0.3, 0.4) is 0 Å². The van der Waals surface area contributed by atoms with Gasteiger partial charge in [0, 0.05) is 24.6 Å². The van der Waals surface area contributed by atoms with E-state index in [9.17, 15) is 19.2 Å². The van der Waals surface area contributed by atoms with Gasteiger partial charge in [0.2, 0.25) is 6.29 Å².